The fourth-order valence-electron chi connectivity index (χ4n) is 1.45. The lowest BCUT2D eigenvalue weighted by Crippen LogP contribution is -2.29. The van der Waals surface area contributed by atoms with Gasteiger partial charge in [-0.1, -0.05) is 0 Å². The van der Waals surface area contributed by atoms with E-state index in [2.05, 4.69) is 10.5 Å². The molecule has 1 aromatic rings. The van der Waals surface area contributed by atoms with Crippen molar-refractivity contribution in [1.82, 2.24) is 5.43 Å². The first-order valence-electron chi connectivity index (χ1n) is 6.10. The number of phenols is 1. The molecule has 0 aliphatic carbocycles. The van der Waals surface area contributed by atoms with Crippen LogP contribution in [-0.2, 0) is 4.74 Å². The molecule has 2 N–H and O–H groups in total. The van der Waals surface area contributed by atoms with Gasteiger partial charge >= 0.3 is 6.09 Å². The largest absolute Gasteiger partial charge is 0.507 e. The highest BCUT2D eigenvalue weighted by molar-refractivity contribution is 5.86. The maximum Gasteiger partial charge on any atom is 0.428 e. The Morgan fingerprint density at radius 2 is 2.10 bits per heavy atom. The van der Waals surface area contributed by atoms with Crippen molar-refractivity contribution in [2.75, 3.05) is 0 Å². The van der Waals surface area contributed by atoms with Crippen LogP contribution < -0.4 is 5.43 Å². The number of aromatic hydroxyl groups is 1. The van der Waals surface area contributed by atoms with Gasteiger partial charge in [-0.2, -0.15) is 5.10 Å². The third-order valence-corrected chi connectivity index (χ3v) is 2.28. The van der Waals surface area contributed by atoms with Crippen LogP contribution in [0, 0.1) is 17.0 Å². The fraction of sp³-hybridized carbons (Fsp3) is 0.385. The van der Waals surface area contributed by atoms with E-state index >= 15 is 0 Å². The van der Waals surface area contributed by atoms with Crippen molar-refractivity contribution in [3.8, 4) is 5.75 Å². The number of nitro groups is 1. The van der Waals surface area contributed by atoms with Crippen molar-refractivity contribution >= 4 is 18.0 Å². The Hall–Kier alpha value is -2.64. The molecule has 0 unspecified atom stereocenters. The second kappa shape index (κ2) is 6.21. The highest BCUT2D eigenvalue weighted by atomic mass is 16.6. The normalized spacial score (nSPS) is 11.4. The SMILES string of the molecule is Cc1cc([N+](=O)[O-])cc(C=NNC(=O)OC(C)(C)C)c1O. The Morgan fingerprint density at radius 1 is 1.48 bits per heavy atom. The van der Waals surface area contributed by atoms with Gasteiger partial charge in [-0.25, -0.2) is 10.2 Å². The van der Waals surface area contributed by atoms with Gasteiger partial charge in [0, 0.05) is 17.7 Å². The predicted octanol–water partition coefficient (Wildman–Crippen LogP) is 2.47. The minimum absolute atomic E-state index is 0.123. The molecule has 0 fully saturated rings. The molecule has 0 bridgehead atoms. The van der Waals surface area contributed by atoms with Crippen LogP contribution in [-0.4, -0.2) is 27.9 Å². The number of non-ortho nitro benzene ring substituents is 1. The molecule has 21 heavy (non-hydrogen) atoms. The molecule has 0 spiro atoms. The van der Waals surface area contributed by atoms with Crippen molar-refractivity contribution in [2.24, 2.45) is 5.10 Å². The van der Waals surface area contributed by atoms with E-state index in [1.165, 1.54) is 13.0 Å². The standard InChI is InChI=1S/C13H17N3O5/c1-8-5-10(16(19)20)6-9(11(8)17)7-14-15-12(18)21-13(2,3)4/h5-7,17H,1-4H3,(H,15,18). The lowest BCUT2D eigenvalue weighted by molar-refractivity contribution is -0.384. The van der Waals surface area contributed by atoms with Crippen LogP contribution in [0.25, 0.3) is 0 Å². The number of hydrogen-bond acceptors (Lipinski definition) is 6. The summed E-state index contributed by atoms with van der Waals surface area (Å²) in [5, 5.41) is 24.1. The monoisotopic (exact) mass is 295 g/mol. The average Bonchev–Trinajstić information content (AvgIpc) is 2.31. The Morgan fingerprint density at radius 3 is 2.62 bits per heavy atom. The summed E-state index contributed by atoms with van der Waals surface area (Å²) in [4.78, 5) is 21.5. The maximum atomic E-state index is 11.4. The van der Waals surface area contributed by atoms with Gasteiger partial charge in [0.05, 0.1) is 11.1 Å². The van der Waals surface area contributed by atoms with E-state index < -0.39 is 16.6 Å². The number of hydrazone groups is 1. The Kier molecular flexibility index (Phi) is 4.85. The third-order valence-electron chi connectivity index (χ3n) is 2.28. The van der Waals surface area contributed by atoms with Gasteiger partial charge in [-0.3, -0.25) is 10.1 Å². The van der Waals surface area contributed by atoms with Crippen LogP contribution in [0.1, 0.15) is 31.9 Å². The van der Waals surface area contributed by atoms with Gasteiger partial charge in [0.2, 0.25) is 0 Å². The number of hydrogen-bond donors (Lipinski definition) is 2. The van der Waals surface area contributed by atoms with Gasteiger partial charge in [0.1, 0.15) is 11.4 Å². The van der Waals surface area contributed by atoms with Crippen molar-refractivity contribution in [3.05, 3.63) is 33.4 Å². The molecule has 0 heterocycles. The number of nitrogens with zero attached hydrogens (tertiary/aromatic N) is 2. The number of carbonyl (C=O) groups is 1. The zero-order valence-electron chi connectivity index (χ0n) is 12.2. The summed E-state index contributed by atoms with van der Waals surface area (Å²) >= 11 is 0. The minimum Gasteiger partial charge on any atom is -0.507 e. The molecule has 0 aromatic heterocycles. The minimum atomic E-state index is -0.764. The highest BCUT2D eigenvalue weighted by Gasteiger charge is 2.16. The molecule has 8 nitrogen and oxygen atoms in total. The van der Waals surface area contributed by atoms with Gasteiger partial charge < -0.3 is 9.84 Å². The number of nitro benzene ring substituents is 1. The lowest BCUT2D eigenvalue weighted by atomic mass is 10.1. The van der Waals surface area contributed by atoms with Gasteiger partial charge in [-0.05, 0) is 33.3 Å². The smallest absolute Gasteiger partial charge is 0.428 e. The van der Waals surface area contributed by atoms with Gasteiger partial charge in [-0.15, -0.1) is 0 Å². The van der Waals surface area contributed by atoms with Crippen LogP contribution in [0.2, 0.25) is 0 Å². The molecule has 1 rings (SSSR count). The van der Waals surface area contributed by atoms with Crippen LogP contribution in [0.15, 0.2) is 17.2 Å². The number of aryl methyl sites for hydroxylation is 1. The van der Waals surface area contributed by atoms with E-state index in [9.17, 15) is 20.0 Å². The van der Waals surface area contributed by atoms with E-state index in [-0.39, 0.29) is 17.0 Å². The molecule has 0 saturated carbocycles. The first-order valence-corrected chi connectivity index (χ1v) is 6.10. The molecule has 0 aliphatic heterocycles. The molecule has 1 amide bonds. The number of phenolic OH excluding ortho intramolecular Hbond substituents is 1. The number of benzene rings is 1. The molecule has 114 valence electrons. The Labute approximate surface area is 121 Å². The summed E-state index contributed by atoms with van der Waals surface area (Å²) in [6, 6.07) is 2.40. The zero-order chi connectivity index (χ0) is 16.2. The quantitative estimate of drug-likeness (QED) is 0.505. The number of rotatable bonds is 3. The number of carbonyl (C=O) groups excluding carboxylic acids is 1. The van der Waals surface area contributed by atoms with Crippen molar-refractivity contribution < 1.29 is 19.6 Å². The molecule has 0 aliphatic rings. The molecule has 0 radical (unpaired) electrons. The van der Waals surface area contributed by atoms with Crippen molar-refractivity contribution in [1.29, 1.82) is 0 Å². The number of ether oxygens (including phenoxy) is 1. The number of nitrogens with one attached hydrogen (secondary N) is 1. The summed E-state index contributed by atoms with van der Waals surface area (Å²) in [6.07, 6.45) is 0.347. The average molecular weight is 295 g/mol. The van der Waals surface area contributed by atoms with Crippen molar-refractivity contribution in [2.45, 2.75) is 33.3 Å². The third kappa shape index (κ3) is 5.09. The van der Waals surface area contributed by atoms with Gasteiger partial charge in [0.15, 0.2) is 0 Å². The van der Waals surface area contributed by atoms with E-state index in [1.807, 2.05) is 0 Å². The molecular weight excluding hydrogens is 278 g/mol. The predicted molar refractivity (Wildman–Crippen MR) is 76.5 cm³/mol. The Bertz CT molecular complexity index is 590. The first-order chi connectivity index (χ1) is 9.60. The summed E-state index contributed by atoms with van der Waals surface area (Å²) in [5.74, 6) is -0.143. The summed E-state index contributed by atoms with van der Waals surface area (Å²) in [5.41, 5.74) is 1.73. The van der Waals surface area contributed by atoms with Crippen LogP contribution in [0.4, 0.5) is 10.5 Å². The lowest BCUT2D eigenvalue weighted by Gasteiger charge is -2.18. The number of amides is 1. The molecule has 1 aromatic carbocycles. The maximum absolute atomic E-state index is 11.4. The highest BCUT2D eigenvalue weighted by Crippen LogP contribution is 2.26. The van der Waals surface area contributed by atoms with Crippen LogP contribution in [0.5, 0.6) is 5.75 Å². The second-order valence-corrected chi connectivity index (χ2v) is 5.33. The van der Waals surface area contributed by atoms with Crippen LogP contribution in [0.3, 0.4) is 0 Å². The molecule has 0 saturated heterocycles. The molecular formula is C13H17N3O5. The first kappa shape index (κ1) is 16.4. The Balaban J connectivity index is 2.85. The van der Waals surface area contributed by atoms with Gasteiger partial charge in [0.25, 0.3) is 5.69 Å². The molecule has 0 atom stereocenters. The molecule has 8 heteroatoms. The van der Waals surface area contributed by atoms with Crippen molar-refractivity contribution in [3.63, 3.8) is 0 Å². The van der Waals surface area contributed by atoms with E-state index in [0.717, 1.165) is 12.3 Å². The summed E-state index contributed by atoms with van der Waals surface area (Å²) in [6.45, 7) is 6.63. The summed E-state index contributed by atoms with van der Waals surface area (Å²) < 4.78 is 4.96. The van der Waals surface area contributed by atoms with E-state index in [4.69, 9.17) is 4.74 Å². The topological polar surface area (TPSA) is 114 Å². The summed E-state index contributed by atoms with van der Waals surface area (Å²) in [7, 11) is 0. The zero-order valence-corrected chi connectivity index (χ0v) is 12.2. The van der Waals surface area contributed by atoms with E-state index in [0.29, 0.717) is 5.56 Å². The second-order valence-electron chi connectivity index (χ2n) is 5.33. The van der Waals surface area contributed by atoms with E-state index in [1.54, 1.807) is 20.8 Å². The van der Waals surface area contributed by atoms with Crippen LogP contribution >= 0.6 is 0 Å². The fourth-order valence-corrected chi connectivity index (χ4v) is 1.45.